The maximum absolute atomic E-state index is 15.1. The Morgan fingerprint density at radius 3 is 2.47 bits per heavy atom. The lowest BCUT2D eigenvalue weighted by Crippen LogP contribution is -2.23. The molecule has 7 heteroatoms. The highest BCUT2D eigenvalue weighted by Gasteiger charge is 2.17. The van der Waals surface area contributed by atoms with Gasteiger partial charge in [-0.25, -0.2) is 14.4 Å². The molecule has 0 bridgehead atoms. The Kier molecular flexibility index (Phi) is 6.68. The highest BCUT2D eigenvalue weighted by molar-refractivity contribution is 5.94. The van der Waals surface area contributed by atoms with E-state index in [2.05, 4.69) is 36.1 Å². The van der Waals surface area contributed by atoms with Gasteiger partial charge in [0.15, 0.2) is 5.65 Å². The van der Waals surface area contributed by atoms with Gasteiger partial charge < -0.3 is 15.0 Å². The number of ether oxygens (including phenoxy) is 1. The van der Waals surface area contributed by atoms with Crippen LogP contribution in [0.4, 0.5) is 4.39 Å². The summed E-state index contributed by atoms with van der Waals surface area (Å²) in [6.45, 7) is 6.45. The second-order valence-corrected chi connectivity index (χ2v) is 10.2. The molecule has 5 rings (SSSR count). The maximum Gasteiger partial charge on any atom is 0.251 e. The molecule has 0 saturated carbocycles. The molecule has 6 nitrogen and oxygen atoms in total. The van der Waals surface area contributed by atoms with Gasteiger partial charge in [-0.3, -0.25) is 4.79 Å². The third-order valence-corrected chi connectivity index (χ3v) is 6.56. The number of rotatable bonds is 6. The fourth-order valence-electron chi connectivity index (χ4n) is 4.37. The Balaban J connectivity index is 1.36. The van der Waals surface area contributed by atoms with E-state index in [0.29, 0.717) is 39.4 Å². The molecule has 0 aliphatic heterocycles. The van der Waals surface area contributed by atoms with Crippen LogP contribution in [0.15, 0.2) is 79.0 Å². The average Bonchev–Trinajstić information content (AvgIpc) is 3.36. The molecule has 2 N–H and O–H groups in total. The Labute approximate surface area is 220 Å². The minimum atomic E-state index is -0.406. The summed E-state index contributed by atoms with van der Waals surface area (Å²) in [5.41, 5.74) is 5.55. The molecule has 0 atom stereocenters. The number of aromatic amines is 1. The lowest BCUT2D eigenvalue weighted by molar-refractivity contribution is 0.0950. The molecule has 0 aliphatic rings. The topological polar surface area (TPSA) is 79.9 Å². The molecule has 38 heavy (non-hydrogen) atoms. The first kappa shape index (κ1) is 25.1. The summed E-state index contributed by atoms with van der Waals surface area (Å²) in [5, 5.41) is 2.82. The van der Waals surface area contributed by atoms with Crippen molar-refractivity contribution in [2.45, 2.75) is 32.7 Å². The Bertz CT molecular complexity index is 1620. The van der Waals surface area contributed by atoms with Crippen LogP contribution in [0.1, 0.15) is 42.3 Å². The van der Waals surface area contributed by atoms with Crippen molar-refractivity contribution in [2.75, 3.05) is 7.11 Å². The average molecular weight is 509 g/mol. The summed E-state index contributed by atoms with van der Waals surface area (Å²) < 4.78 is 20.6. The maximum atomic E-state index is 15.1. The van der Waals surface area contributed by atoms with Crippen LogP contribution in [-0.4, -0.2) is 28.0 Å². The van der Waals surface area contributed by atoms with Gasteiger partial charge in [-0.1, -0.05) is 57.2 Å². The van der Waals surface area contributed by atoms with E-state index in [9.17, 15) is 4.79 Å². The van der Waals surface area contributed by atoms with E-state index < -0.39 is 5.82 Å². The van der Waals surface area contributed by atoms with E-state index in [0.717, 1.165) is 16.7 Å². The third-order valence-electron chi connectivity index (χ3n) is 6.56. The SMILES string of the molecule is COc1ccccc1-c1nc2c(-c3ccc(CNC(=O)c4ccc(C(C)(C)C)cc4)c(F)c3)ccnc2[nH]1. The van der Waals surface area contributed by atoms with Crippen molar-refractivity contribution in [3.8, 4) is 28.3 Å². The number of fused-ring (bicyclic) bond motifs is 1. The molecule has 0 spiro atoms. The number of H-pyrrole nitrogens is 1. The number of halogens is 1. The highest BCUT2D eigenvalue weighted by Crippen LogP contribution is 2.32. The molecule has 2 aromatic heterocycles. The number of imidazole rings is 1. The predicted octanol–water partition coefficient (Wildman–Crippen LogP) is 6.67. The number of carbonyl (C=O) groups is 1. The van der Waals surface area contributed by atoms with E-state index in [1.54, 1.807) is 31.5 Å². The minimum absolute atomic E-state index is 0.00612. The molecule has 0 unspecified atom stereocenters. The van der Waals surface area contributed by atoms with Gasteiger partial charge in [0.1, 0.15) is 22.9 Å². The second kappa shape index (κ2) is 10.1. The van der Waals surface area contributed by atoms with Gasteiger partial charge in [0.2, 0.25) is 0 Å². The van der Waals surface area contributed by atoms with Crippen LogP contribution in [0, 0.1) is 5.82 Å². The van der Waals surface area contributed by atoms with E-state index in [-0.39, 0.29) is 17.9 Å². The molecule has 1 amide bonds. The highest BCUT2D eigenvalue weighted by atomic mass is 19.1. The minimum Gasteiger partial charge on any atom is -0.496 e. The van der Waals surface area contributed by atoms with E-state index >= 15 is 4.39 Å². The zero-order chi connectivity index (χ0) is 26.9. The van der Waals surface area contributed by atoms with Crippen LogP contribution in [0.3, 0.4) is 0 Å². The number of benzene rings is 3. The summed E-state index contributed by atoms with van der Waals surface area (Å²) >= 11 is 0. The molecule has 0 radical (unpaired) electrons. The molecule has 2 heterocycles. The van der Waals surface area contributed by atoms with Gasteiger partial charge in [-0.2, -0.15) is 0 Å². The molecule has 0 fully saturated rings. The predicted molar refractivity (Wildman–Crippen MR) is 148 cm³/mol. The van der Waals surface area contributed by atoms with Gasteiger partial charge in [0.25, 0.3) is 5.91 Å². The van der Waals surface area contributed by atoms with Crippen molar-refractivity contribution >= 4 is 17.1 Å². The lowest BCUT2D eigenvalue weighted by Gasteiger charge is -2.19. The van der Waals surface area contributed by atoms with Crippen molar-refractivity contribution in [1.29, 1.82) is 0 Å². The lowest BCUT2D eigenvalue weighted by atomic mass is 9.87. The first-order valence-electron chi connectivity index (χ1n) is 12.4. The number of amides is 1. The monoisotopic (exact) mass is 508 g/mol. The van der Waals surface area contributed by atoms with Crippen LogP contribution in [0.2, 0.25) is 0 Å². The normalized spacial score (nSPS) is 11.5. The number of hydrogen-bond donors (Lipinski definition) is 2. The van der Waals surface area contributed by atoms with Crippen LogP contribution >= 0.6 is 0 Å². The molecule has 0 saturated heterocycles. The summed E-state index contributed by atoms with van der Waals surface area (Å²) in [6, 6.07) is 21.9. The molecular formula is C31H29FN4O2. The number of aromatic nitrogens is 3. The number of nitrogens with one attached hydrogen (secondary N) is 2. The summed E-state index contributed by atoms with van der Waals surface area (Å²) in [5.74, 6) is 0.657. The Morgan fingerprint density at radius 1 is 1.00 bits per heavy atom. The molecule has 3 aromatic carbocycles. The van der Waals surface area contributed by atoms with E-state index in [1.807, 2.05) is 48.5 Å². The zero-order valence-electron chi connectivity index (χ0n) is 21.8. The van der Waals surface area contributed by atoms with Crippen molar-refractivity contribution in [3.05, 3.63) is 102 Å². The number of pyridine rings is 1. The van der Waals surface area contributed by atoms with Gasteiger partial charge in [0.05, 0.1) is 12.7 Å². The molecule has 0 aliphatic carbocycles. The summed E-state index contributed by atoms with van der Waals surface area (Å²) in [4.78, 5) is 25.0. The number of hydrogen-bond acceptors (Lipinski definition) is 4. The van der Waals surface area contributed by atoms with E-state index in [1.165, 1.54) is 6.07 Å². The van der Waals surface area contributed by atoms with Crippen LogP contribution in [0.5, 0.6) is 5.75 Å². The number of para-hydroxylation sites is 1. The first-order valence-corrected chi connectivity index (χ1v) is 12.4. The zero-order valence-corrected chi connectivity index (χ0v) is 21.8. The van der Waals surface area contributed by atoms with Gasteiger partial charge in [0, 0.05) is 29.4 Å². The Hall–Kier alpha value is -4.52. The second-order valence-electron chi connectivity index (χ2n) is 10.2. The number of nitrogens with zero attached hydrogens (tertiary/aromatic N) is 2. The van der Waals surface area contributed by atoms with Crippen molar-refractivity contribution in [1.82, 2.24) is 20.3 Å². The van der Waals surface area contributed by atoms with Crippen molar-refractivity contribution < 1.29 is 13.9 Å². The number of carbonyl (C=O) groups excluding carboxylic acids is 1. The summed E-state index contributed by atoms with van der Waals surface area (Å²) in [7, 11) is 1.61. The number of methoxy groups -OCH3 is 1. The van der Waals surface area contributed by atoms with Crippen LogP contribution in [-0.2, 0) is 12.0 Å². The van der Waals surface area contributed by atoms with Gasteiger partial charge >= 0.3 is 0 Å². The first-order chi connectivity index (χ1) is 18.2. The van der Waals surface area contributed by atoms with Crippen LogP contribution in [0.25, 0.3) is 33.7 Å². The molecule has 5 aromatic rings. The molecule has 192 valence electrons. The summed E-state index contributed by atoms with van der Waals surface area (Å²) in [6.07, 6.45) is 1.67. The Morgan fingerprint density at radius 2 is 1.76 bits per heavy atom. The molecular weight excluding hydrogens is 479 g/mol. The smallest absolute Gasteiger partial charge is 0.251 e. The van der Waals surface area contributed by atoms with Gasteiger partial charge in [-0.15, -0.1) is 0 Å². The van der Waals surface area contributed by atoms with Crippen LogP contribution < -0.4 is 10.1 Å². The van der Waals surface area contributed by atoms with Crippen molar-refractivity contribution in [3.63, 3.8) is 0 Å². The standard InChI is InChI=1S/C31H29FN4O2/c1-31(2,3)22-13-11-19(12-14-22)30(37)34-18-21-10-9-20(17-25(21)32)23-15-16-33-29-27(23)35-28(36-29)24-7-5-6-8-26(24)38-4/h5-17H,18H2,1-4H3,(H,34,37)(H,33,35,36). The fourth-order valence-corrected chi connectivity index (χ4v) is 4.37. The van der Waals surface area contributed by atoms with Gasteiger partial charge in [-0.05, 0) is 52.9 Å². The fraction of sp³-hybridized carbons (Fsp3) is 0.194. The quantitative estimate of drug-likeness (QED) is 0.269. The largest absolute Gasteiger partial charge is 0.496 e. The van der Waals surface area contributed by atoms with Crippen molar-refractivity contribution in [2.24, 2.45) is 0 Å². The third kappa shape index (κ3) is 5.00. The van der Waals surface area contributed by atoms with E-state index in [4.69, 9.17) is 9.72 Å².